The van der Waals surface area contributed by atoms with E-state index in [4.69, 9.17) is 10.5 Å². The monoisotopic (exact) mass is 230 g/mol. The summed E-state index contributed by atoms with van der Waals surface area (Å²) in [6.45, 7) is 1.58. The van der Waals surface area contributed by atoms with Crippen molar-refractivity contribution in [2.75, 3.05) is 33.0 Å². The van der Waals surface area contributed by atoms with Gasteiger partial charge in [0.1, 0.15) is 12.4 Å². The SMILES string of the molecule is CN(C)CCOc1cccc2c(N)cccc12. The molecule has 0 fully saturated rings. The minimum absolute atomic E-state index is 0.681. The van der Waals surface area contributed by atoms with E-state index in [0.717, 1.165) is 28.8 Å². The molecule has 0 amide bonds. The van der Waals surface area contributed by atoms with Crippen LogP contribution in [0.4, 0.5) is 5.69 Å². The van der Waals surface area contributed by atoms with Gasteiger partial charge in [-0.25, -0.2) is 0 Å². The zero-order valence-electron chi connectivity index (χ0n) is 10.3. The zero-order valence-corrected chi connectivity index (χ0v) is 10.3. The van der Waals surface area contributed by atoms with Crippen LogP contribution in [0.25, 0.3) is 10.8 Å². The van der Waals surface area contributed by atoms with E-state index in [9.17, 15) is 0 Å². The Morgan fingerprint density at radius 2 is 1.76 bits per heavy atom. The number of hydrogen-bond acceptors (Lipinski definition) is 3. The third-order valence-electron chi connectivity index (χ3n) is 2.71. The average Bonchev–Trinajstić information content (AvgIpc) is 2.30. The van der Waals surface area contributed by atoms with Crippen molar-refractivity contribution in [3.8, 4) is 5.75 Å². The number of likely N-dealkylation sites (N-methyl/N-ethyl adjacent to an activating group) is 1. The topological polar surface area (TPSA) is 38.5 Å². The van der Waals surface area contributed by atoms with Gasteiger partial charge in [-0.15, -0.1) is 0 Å². The lowest BCUT2D eigenvalue weighted by atomic mass is 10.1. The fraction of sp³-hybridized carbons (Fsp3) is 0.286. The van der Waals surface area contributed by atoms with Gasteiger partial charge < -0.3 is 15.4 Å². The molecule has 0 aromatic heterocycles. The standard InChI is InChI=1S/C14H18N2O/c1-16(2)9-10-17-14-8-4-5-11-12(14)6-3-7-13(11)15/h3-8H,9-10,15H2,1-2H3. The summed E-state index contributed by atoms with van der Waals surface area (Å²) in [5.74, 6) is 0.900. The summed E-state index contributed by atoms with van der Waals surface area (Å²) in [6.07, 6.45) is 0. The van der Waals surface area contributed by atoms with E-state index >= 15 is 0 Å². The molecule has 0 radical (unpaired) electrons. The summed E-state index contributed by atoms with van der Waals surface area (Å²) in [6, 6.07) is 11.9. The highest BCUT2D eigenvalue weighted by Gasteiger charge is 2.03. The van der Waals surface area contributed by atoms with Crippen LogP contribution in [0.3, 0.4) is 0 Å². The smallest absolute Gasteiger partial charge is 0.127 e. The van der Waals surface area contributed by atoms with E-state index in [1.54, 1.807) is 0 Å². The first-order valence-electron chi connectivity index (χ1n) is 5.73. The summed E-state index contributed by atoms with van der Waals surface area (Å²) in [4.78, 5) is 2.10. The second-order valence-electron chi connectivity index (χ2n) is 4.35. The van der Waals surface area contributed by atoms with Crippen LogP contribution >= 0.6 is 0 Å². The molecule has 0 aliphatic heterocycles. The normalized spacial score (nSPS) is 11.0. The molecule has 0 atom stereocenters. The predicted octanol–water partition coefficient (Wildman–Crippen LogP) is 2.36. The van der Waals surface area contributed by atoms with Gasteiger partial charge in [0.05, 0.1) is 0 Å². The highest BCUT2D eigenvalue weighted by molar-refractivity contribution is 5.96. The van der Waals surface area contributed by atoms with Crippen molar-refractivity contribution in [1.29, 1.82) is 0 Å². The summed E-state index contributed by atoms with van der Waals surface area (Å²) in [5.41, 5.74) is 6.73. The van der Waals surface area contributed by atoms with Crippen molar-refractivity contribution >= 4 is 16.5 Å². The maximum Gasteiger partial charge on any atom is 0.127 e. The summed E-state index contributed by atoms with van der Waals surface area (Å²) >= 11 is 0. The van der Waals surface area contributed by atoms with E-state index < -0.39 is 0 Å². The fourth-order valence-electron chi connectivity index (χ4n) is 1.77. The largest absolute Gasteiger partial charge is 0.492 e. The van der Waals surface area contributed by atoms with Gasteiger partial charge in [-0.05, 0) is 26.2 Å². The minimum atomic E-state index is 0.681. The Morgan fingerprint density at radius 3 is 2.53 bits per heavy atom. The molecule has 0 aliphatic carbocycles. The molecule has 3 nitrogen and oxygen atoms in total. The predicted molar refractivity (Wildman–Crippen MR) is 72.4 cm³/mol. The van der Waals surface area contributed by atoms with Crippen LogP contribution in [-0.4, -0.2) is 32.1 Å². The van der Waals surface area contributed by atoms with Gasteiger partial charge >= 0.3 is 0 Å². The third kappa shape index (κ3) is 2.68. The van der Waals surface area contributed by atoms with Crippen LogP contribution in [-0.2, 0) is 0 Å². The number of nitrogen functional groups attached to an aromatic ring is 1. The average molecular weight is 230 g/mol. The molecule has 17 heavy (non-hydrogen) atoms. The van der Waals surface area contributed by atoms with Crippen molar-refractivity contribution in [3.05, 3.63) is 36.4 Å². The highest BCUT2D eigenvalue weighted by atomic mass is 16.5. The first-order chi connectivity index (χ1) is 8.18. The molecule has 2 N–H and O–H groups in total. The Bertz CT molecular complexity index is 509. The molecule has 0 heterocycles. The number of ether oxygens (including phenoxy) is 1. The molecule has 0 saturated carbocycles. The molecular weight excluding hydrogens is 212 g/mol. The van der Waals surface area contributed by atoms with Crippen LogP contribution in [0.1, 0.15) is 0 Å². The van der Waals surface area contributed by atoms with Gasteiger partial charge in [-0.2, -0.15) is 0 Å². The number of nitrogens with two attached hydrogens (primary N) is 1. The quantitative estimate of drug-likeness (QED) is 0.819. The van der Waals surface area contributed by atoms with E-state index in [2.05, 4.69) is 4.90 Å². The van der Waals surface area contributed by atoms with Crippen molar-refractivity contribution in [2.45, 2.75) is 0 Å². The third-order valence-corrected chi connectivity index (χ3v) is 2.71. The van der Waals surface area contributed by atoms with Gasteiger partial charge in [0, 0.05) is 23.0 Å². The maximum absolute atomic E-state index is 5.94. The Labute approximate surface area is 102 Å². The van der Waals surface area contributed by atoms with Crippen molar-refractivity contribution in [3.63, 3.8) is 0 Å². The number of nitrogens with zero attached hydrogens (tertiary/aromatic N) is 1. The summed E-state index contributed by atoms with van der Waals surface area (Å²) in [7, 11) is 4.06. The molecule has 2 rings (SSSR count). The Hall–Kier alpha value is -1.74. The zero-order chi connectivity index (χ0) is 12.3. The molecule has 2 aromatic rings. The van der Waals surface area contributed by atoms with Gasteiger partial charge in [-0.3, -0.25) is 0 Å². The molecule has 3 heteroatoms. The lowest BCUT2D eigenvalue weighted by Gasteiger charge is -2.13. The molecular formula is C14H18N2O. The Morgan fingerprint density at radius 1 is 1.06 bits per heavy atom. The van der Waals surface area contributed by atoms with Gasteiger partial charge in [0.15, 0.2) is 0 Å². The molecule has 0 bridgehead atoms. The van der Waals surface area contributed by atoms with Crippen LogP contribution in [0.5, 0.6) is 5.75 Å². The van der Waals surface area contributed by atoms with E-state index in [1.807, 2.05) is 50.5 Å². The van der Waals surface area contributed by atoms with E-state index in [1.165, 1.54) is 0 Å². The number of hydrogen-bond donors (Lipinski definition) is 1. The number of rotatable bonds is 4. The minimum Gasteiger partial charge on any atom is -0.492 e. The molecule has 0 unspecified atom stereocenters. The number of anilines is 1. The number of benzene rings is 2. The molecule has 0 spiro atoms. The fourth-order valence-corrected chi connectivity index (χ4v) is 1.77. The molecule has 90 valence electrons. The van der Waals surface area contributed by atoms with Crippen molar-refractivity contribution < 1.29 is 4.74 Å². The second-order valence-corrected chi connectivity index (χ2v) is 4.35. The van der Waals surface area contributed by atoms with Gasteiger partial charge in [-0.1, -0.05) is 24.3 Å². The van der Waals surface area contributed by atoms with Crippen molar-refractivity contribution in [1.82, 2.24) is 4.90 Å². The summed E-state index contributed by atoms with van der Waals surface area (Å²) in [5, 5.41) is 2.13. The summed E-state index contributed by atoms with van der Waals surface area (Å²) < 4.78 is 5.79. The second kappa shape index (κ2) is 5.06. The lowest BCUT2D eigenvalue weighted by Crippen LogP contribution is -2.19. The van der Waals surface area contributed by atoms with E-state index in [-0.39, 0.29) is 0 Å². The van der Waals surface area contributed by atoms with Crippen LogP contribution in [0.15, 0.2) is 36.4 Å². The van der Waals surface area contributed by atoms with Crippen molar-refractivity contribution in [2.24, 2.45) is 0 Å². The highest BCUT2D eigenvalue weighted by Crippen LogP contribution is 2.28. The lowest BCUT2D eigenvalue weighted by molar-refractivity contribution is 0.263. The van der Waals surface area contributed by atoms with Crippen LogP contribution in [0.2, 0.25) is 0 Å². The van der Waals surface area contributed by atoms with Gasteiger partial charge in [0.2, 0.25) is 0 Å². The molecule has 2 aromatic carbocycles. The van der Waals surface area contributed by atoms with Gasteiger partial charge in [0.25, 0.3) is 0 Å². The van der Waals surface area contributed by atoms with E-state index in [0.29, 0.717) is 6.61 Å². The Balaban J connectivity index is 2.25. The number of fused-ring (bicyclic) bond motifs is 1. The Kier molecular flexibility index (Phi) is 3.49. The maximum atomic E-state index is 5.94. The van der Waals surface area contributed by atoms with Crippen LogP contribution in [0, 0.1) is 0 Å². The first kappa shape index (κ1) is 11.7. The first-order valence-corrected chi connectivity index (χ1v) is 5.73. The molecule has 0 aliphatic rings. The van der Waals surface area contributed by atoms with Crippen LogP contribution < -0.4 is 10.5 Å². The molecule has 0 saturated heterocycles.